The zero-order chi connectivity index (χ0) is 11.3. The van der Waals surface area contributed by atoms with E-state index in [1.54, 1.807) is 18.9 Å². The van der Waals surface area contributed by atoms with Crippen LogP contribution in [0, 0.1) is 0 Å². The van der Waals surface area contributed by atoms with Gasteiger partial charge < -0.3 is 4.74 Å². The zero-order valence-electron chi connectivity index (χ0n) is 9.41. The van der Waals surface area contributed by atoms with Crippen LogP contribution >= 0.6 is 11.8 Å². The van der Waals surface area contributed by atoms with Crippen molar-refractivity contribution in [2.75, 3.05) is 7.11 Å². The van der Waals surface area contributed by atoms with Gasteiger partial charge in [0.25, 0.3) is 0 Å². The van der Waals surface area contributed by atoms with Crippen LogP contribution in [0.5, 0.6) is 5.75 Å². The Morgan fingerprint density at radius 2 is 2.07 bits per heavy atom. The van der Waals surface area contributed by atoms with E-state index in [1.807, 2.05) is 31.2 Å². The summed E-state index contributed by atoms with van der Waals surface area (Å²) in [5.74, 6) is 0.874. The van der Waals surface area contributed by atoms with Crippen molar-refractivity contribution in [3.05, 3.63) is 47.4 Å². The van der Waals surface area contributed by atoms with Crippen LogP contribution in [0.25, 0.3) is 4.91 Å². The molecule has 0 amide bonds. The van der Waals surface area contributed by atoms with Crippen molar-refractivity contribution >= 4 is 16.7 Å². The SMILES string of the molecule is C=C(S/C(C)=C\C)c1ccccc1OC. The lowest BCUT2D eigenvalue weighted by molar-refractivity contribution is 0.414. The van der Waals surface area contributed by atoms with Gasteiger partial charge in [-0.1, -0.05) is 42.6 Å². The van der Waals surface area contributed by atoms with Gasteiger partial charge in [-0.15, -0.1) is 0 Å². The molecule has 0 saturated carbocycles. The van der Waals surface area contributed by atoms with Gasteiger partial charge >= 0.3 is 0 Å². The Labute approximate surface area is 95.8 Å². The lowest BCUT2D eigenvalue weighted by Gasteiger charge is -2.10. The third kappa shape index (κ3) is 3.17. The predicted molar refractivity (Wildman–Crippen MR) is 69.1 cm³/mol. The molecule has 0 radical (unpaired) electrons. The number of benzene rings is 1. The molecule has 15 heavy (non-hydrogen) atoms. The number of para-hydroxylation sites is 1. The Bertz CT molecular complexity index is 380. The van der Waals surface area contributed by atoms with Crippen LogP contribution in [0.3, 0.4) is 0 Å². The quantitative estimate of drug-likeness (QED) is 0.747. The minimum atomic E-state index is 0.874. The van der Waals surface area contributed by atoms with E-state index in [9.17, 15) is 0 Å². The second-order valence-corrected chi connectivity index (χ2v) is 4.47. The van der Waals surface area contributed by atoms with Gasteiger partial charge in [-0.2, -0.15) is 0 Å². The summed E-state index contributed by atoms with van der Waals surface area (Å²) < 4.78 is 5.29. The van der Waals surface area contributed by atoms with E-state index < -0.39 is 0 Å². The molecule has 0 aliphatic heterocycles. The Hall–Kier alpha value is -1.15. The third-order valence-corrected chi connectivity index (χ3v) is 3.12. The first-order valence-electron chi connectivity index (χ1n) is 4.82. The van der Waals surface area contributed by atoms with Crippen molar-refractivity contribution in [1.29, 1.82) is 0 Å². The number of allylic oxidation sites excluding steroid dienone is 2. The summed E-state index contributed by atoms with van der Waals surface area (Å²) in [6.45, 7) is 8.16. The van der Waals surface area contributed by atoms with Crippen LogP contribution in [-0.4, -0.2) is 7.11 Å². The van der Waals surface area contributed by atoms with Crippen LogP contribution in [0.2, 0.25) is 0 Å². The number of methoxy groups -OCH3 is 1. The number of hydrogen-bond acceptors (Lipinski definition) is 2. The Kier molecular flexibility index (Phi) is 4.50. The lowest BCUT2D eigenvalue weighted by atomic mass is 10.2. The van der Waals surface area contributed by atoms with Crippen LogP contribution in [0.4, 0.5) is 0 Å². The van der Waals surface area contributed by atoms with Gasteiger partial charge in [-0.3, -0.25) is 0 Å². The summed E-state index contributed by atoms with van der Waals surface area (Å²) in [6.07, 6.45) is 2.07. The molecule has 0 atom stereocenters. The maximum absolute atomic E-state index is 5.29. The average Bonchev–Trinajstić information content (AvgIpc) is 2.28. The van der Waals surface area contributed by atoms with E-state index in [0.29, 0.717) is 0 Å². The molecular weight excluding hydrogens is 204 g/mol. The molecule has 0 bridgehead atoms. The Morgan fingerprint density at radius 1 is 1.40 bits per heavy atom. The summed E-state index contributed by atoms with van der Waals surface area (Å²) in [7, 11) is 1.68. The monoisotopic (exact) mass is 220 g/mol. The van der Waals surface area contributed by atoms with E-state index in [0.717, 1.165) is 16.2 Å². The Balaban J connectivity index is 2.91. The topological polar surface area (TPSA) is 9.23 Å². The number of hydrogen-bond donors (Lipinski definition) is 0. The minimum absolute atomic E-state index is 0.874. The normalized spacial score (nSPS) is 11.3. The zero-order valence-corrected chi connectivity index (χ0v) is 10.2. The van der Waals surface area contributed by atoms with Crippen LogP contribution in [-0.2, 0) is 0 Å². The first-order chi connectivity index (χ1) is 7.19. The van der Waals surface area contributed by atoms with Gasteiger partial charge in [0.2, 0.25) is 0 Å². The Morgan fingerprint density at radius 3 is 2.67 bits per heavy atom. The largest absolute Gasteiger partial charge is 0.496 e. The van der Waals surface area contributed by atoms with Gasteiger partial charge in [0.1, 0.15) is 5.75 Å². The van der Waals surface area contributed by atoms with Gasteiger partial charge in [0.05, 0.1) is 7.11 Å². The molecule has 1 aromatic rings. The van der Waals surface area contributed by atoms with Crippen molar-refractivity contribution < 1.29 is 4.74 Å². The maximum Gasteiger partial charge on any atom is 0.127 e. The fourth-order valence-electron chi connectivity index (χ4n) is 1.18. The highest BCUT2D eigenvalue weighted by Crippen LogP contribution is 2.36. The summed E-state index contributed by atoms with van der Waals surface area (Å²) in [6, 6.07) is 7.93. The molecule has 1 rings (SSSR count). The first kappa shape index (κ1) is 11.9. The molecule has 2 heteroatoms. The molecule has 0 N–H and O–H groups in total. The molecule has 0 unspecified atom stereocenters. The molecule has 0 aliphatic carbocycles. The van der Waals surface area contributed by atoms with E-state index >= 15 is 0 Å². The van der Waals surface area contributed by atoms with Crippen LogP contribution in [0.15, 0.2) is 41.8 Å². The molecule has 0 heterocycles. The molecule has 1 aromatic carbocycles. The van der Waals surface area contributed by atoms with Crippen molar-refractivity contribution in [1.82, 2.24) is 0 Å². The molecule has 0 aliphatic rings. The molecule has 0 fully saturated rings. The number of thioether (sulfide) groups is 1. The van der Waals surface area contributed by atoms with E-state index in [2.05, 4.69) is 19.6 Å². The van der Waals surface area contributed by atoms with Gasteiger partial charge in [-0.05, 0) is 24.8 Å². The molecule has 80 valence electrons. The van der Waals surface area contributed by atoms with Crippen molar-refractivity contribution in [2.45, 2.75) is 13.8 Å². The number of rotatable bonds is 4. The van der Waals surface area contributed by atoms with Gasteiger partial charge in [-0.25, -0.2) is 0 Å². The van der Waals surface area contributed by atoms with Crippen LogP contribution in [0.1, 0.15) is 19.4 Å². The third-order valence-electron chi connectivity index (χ3n) is 2.10. The summed E-state index contributed by atoms with van der Waals surface area (Å²) in [4.78, 5) is 2.26. The smallest absolute Gasteiger partial charge is 0.127 e. The van der Waals surface area contributed by atoms with E-state index in [1.165, 1.54) is 4.91 Å². The predicted octanol–water partition coefficient (Wildman–Crippen LogP) is 4.32. The van der Waals surface area contributed by atoms with Crippen LogP contribution < -0.4 is 4.74 Å². The lowest BCUT2D eigenvalue weighted by Crippen LogP contribution is -1.88. The second kappa shape index (κ2) is 5.66. The molecular formula is C13H16OS. The maximum atomic E-state index is 5.29. The number of ether oxygens (including phenoxy) is 1. The highest BCUT2D eigenvalue weighted by Gasteiger charge is 2.06. The van der Waals surface area contributed by atoms with Crippen molar-refractivity contribution in [3.63, 3.8) is 0 Å². The fraction of sp³-hybridized carbons (Fsp3) is 0.231. The summed E-state index contributed by atoms with van der Waals surface area (Å²) in [5, 5.41) is 0. The molecule has 0 aromatic heterocycles. The van der Waals surface area contributed by atoms with Gasteiger partial charge in [0.15, 0.2) is 0 Å². The fourth-order valence-corrected chi connectivity index (χ4v) is 1.97. The minimum Gasteiger partial charge on any atom is -0.496 e. The highest BCUT2D eigenvalue weighted by molar-refractivity contribution is 8.11. The van der Waals surface area contributed by atoms with Crippen molar-refractivity contribution in [2.24, 2.45) is 0 Å². The summed E-state index contributed by atoms with van der Waals surface area (Å²) >= 11 is 1.67. The molecule has 0 spiro atoms. The first-order valence-corrected chi connectivity index (χ1v) is 5.63. The molecule has 0 saturated heterocycles. The highest BCUT2D eigenvalue weighted by atomic mass is 32.2. The standard InChI is InChI=1S/C13H16OS/c1-5-10(2)15-11(3)12-8-6-7-9-13(12)14-4/h5-9H,3H2,1-2,4H3/b10-5-. The van der Waals surface area contributed by atoms with E-state index in [-0.39, 0.29) is 0 Å². The second-order valence-electron chi connectivity index (χ2n) is 3.12. The van der Waals surface area contributed by atoms with Gasteiger partial charge in [0, 0.05) is 10.5 Å². The average molecular weight is 220 g/mol. The summed E-state index contributed by atoms with van der Waals surface area (Å²) in [5.41, 5.74) is 1.06. The van der Waals surface area contributed by atoms with E-state index in [4.69, 9.17) is 4.74 Å². The molecule has 1 nitrogen and oxygen atoms in total. The van der Waals surface area contributed by atoms with Crippen molar-refractivity contribution in [3.8, 4) is 5.75 Å².